The lowest BCUT2D eigenvalue weighted by Gasteiger charge is -2.16. The van der Waals surface area contributed by atoms with Crippen LogP contribution in [0.5, 0.6) is 11.5 Å². The Hall–Kier alpha value is -3.05. The molecule has 0 saturated carbocycles. The number of benzene rings is 2. The van der Waals surface area contributed by atoms with Gasteiger partial charge in [-0.15, -0.1) is 0 Å². The van der Waals surface area contributed by atoms with Crippen molar-refractivity contribution in [1.82, 2.24) is 0 Å². The molecule has 26 heavy (non-hydrogen) atoms. The summed E-state index contributed by atoms with van der Waals surface area (Å²) in [6.07, 6.45) is 3.58. The number of aliphatic imine (C=N–C) groups is 1. The Morgan fingerprint density at radius 1 is 1.23 bits per heavy atom. The second kappa shape index (κ2) is 6.69. The van der Waals surface area contributed by atoms with Crippen molar-refractivity contribution in [1.29, 1.82) is 0 Å². The first-order valence-corrected chi connectivity index (χ1v) is 8.31. The summed E-state index contributed by atoms with van der Waals surface area (Å²) in [6.45, 7) is 0.338. The molecule has 2 aromatic rings. The van der Waals surface area contributed by atoms with E-state index >= 15 is 0 Å². The van der Waals surface area contributed by atoms with Gasteiger partial charge in [-0.2, -0.15) is 0 Å². The molecular weight excluding hydrogens is 354 g/mol. The highest BCUT2D eigenvalue weighted by molar-refractivity contribution is 6.30. The third-order valence-corrected chi connectivity index (χ3v) is 4.22. The third kappa shape index (κ3) is 3.09. The Labute approximate surface area is 155 Å². The molecule has 0 atom stereocenters. The highest BCUT2D eigenvalue weighted by atomic mass is 35.5. The number of ether oxygens (including phenoxy) is 3. The normalized spacial score (nSPS) is 17.2. The second-order valence-electron chi connectivity index (χ2n) is 5.73. The molecule has 0 saturated heterocycles. The molecule has 0 aromatic heterocycles. The number of hydrogen-bond donors (Lipinski definition) is 0. The summed E-state index contributed by atoms with van der Waals surface area (Å²) in [5.74, 6) is 1.05. The predicted octanol–water partition coefficient (Wildman–Crippen LogP) is 4.01. The zero-order valence-corrected chi connectivity index (χ0v) is 14.6. The van der Waals surface area contributed by atoms with Crippen molar-refractivity contribution in [3.63, 3.8) is 0 Å². The average Bonchev–Trinajstić information content (AvgIpc) is 3.01. The molecule has 4 rings (SSSR count). The van der Waals surface area contributed by atoms with Crippen LogP contribution in [0.25, 0.3) is 6.08 Å². The first kappa shape index (κ1) is 16.4. The SMILES string of the molecule is COc1ccccc1C1=NC(=CC2=Cc3cc(Cl)ccc3OC2)C(=O)O1. The van der Waals surface area contributed by atoms with Gasteiger partial charge in [0.1, 0.15) is 18.1 Å². The highest BCUT2D eigenvalue weighted by Gasteiger charge is 2.26. The van der Waals surface area contributed by atoms with Gasteiger partial charge >= 0.3 is 5.97 Å². The summed E-state index contributed by atoms with van der Waals surface area (Å²) >= 11 is 6.03. The van der Waals surface area contributed by atoms with Crippen LogP contribution in [0.3, 0.4) is 0 Å². The summed E-state index contributed by atoms with van der Waals surface area (Å²) in [5, 5.41) is 0.620. The maximum absolute atomic E-state index is 12.2. The minimum Gasteiger partial charge on any atom is -0.496 e. The summed E-state index contributed by atoms with van der Waals surface area (Å²) < 4.78 is 16.3. The maximum atomic E-state index is 12.2. The Kier molecular flexibility index (Phi) is 4.22. The molecule has 5 nitrogen and oxygen atoms in total. The number of carbonyl (C=O) groups excluding carboxylic acids is 1. The number of carbonyl (C=O) groups is 1. The molecule has 2 aromatic carbocycles. The zero-order chi connectivity index (χ0) is 18.1. The molecule has 0 fully saturated rings. The van der Waals surface area contributed by atoms with Crippen LogP contribution >= 0.6 is 11.6 Å². The lowest BCUT2D eigenvalue weighted by atomic mass is 10.1. The zero-order valence-electron chi connectivity index (χ0n) is 13.9. The molecule has 2 aliphatic heterocycles. The molecule has 0 unspecified atom stereocenters. The van der Waals surface area contributed by atoms with Crippen molar-refractivity contribution >= 4 is 29.5 Å². The molecule has 0 radical (unpaired) electrons. The van der Waals surface area contributed by atoms with Crippen LogP contribution in [0, 0.1) is 0 Å². The molecule has 6 heteroatoms. The fourth-order valence-electron chi connectivity index (χ4n) is 2.77. The van der Waals surface area contributed by atoms with E-state index in [4.69, 9.17) is 25.8 Å². The lowest BCUT2D eigenvalue weighted by Crippen LogP contribution is -2.08. The Morgan fingerprint density at radius 2 is 2.08 bits per heavy atom. The lowest BCUT2D eigenvalue weighted by molar-refractivity contribution is -0.130. The largest absolute Gasteiger partial charge is 0.496 e. The smallest absolute Gasteiger partial charge is 0.363 e. The van der Waals surface area contributed by atoms with Crippen molar-refractivity contribution in [3.8, 4) is 11.5 Å². The standard InChI is InChI=1S/C20H14ClNO4/c1-24-18-5-3-2-4-15(18)19-22-16(20(23)26-19)9-12-8-13-10-14(21)6-7-17(13)25-11-12/h2-10H,11H2,1H3. The number of methoxy groups -OCH3 is 1. The monoisotopic (exact) mass is 367 g/mol. The summed E-state index contributed by atoms with van der Waals surface area (Å²) in [7, 11) is 1.56. The van der Waals surface area contributed by atoms with Gasteiger partial charge in [-0.1, -0.05) is 23.7 Å². The summed E-state index contributed by atoms with van der Waals surface area (Å²) in [4.78, 5) is 16.5. The Balaban J connectivity index is 1.68. The number of cyclic esters (lactones) is 1. The molecule has 2 aliphatic rings. The Morgan fingerprint density at radius 3 is 2.92 bits per heavy atom. The fraction of sp³-hybridized carbons (Fsp3) is 0.100. The van der Waals surface area contributed by atoms with Crippen LogP contribution in [0.4, 0.5) is 0 Å². The second-order valence-corrected chi connectivity index (χ2v) is 6.16. The summed E-state index contributed by atoms with van der Waals surface area (Å²) in [5.41, 5.74) is 2.50. The molecule has 0 bridgehead atoms. The van der Waals surface area contributed by atoms with Crippen LogP contribution < -0.4 is 9.47 Å². The molecule has 130 valence electrons. The number of esters is 1. The van der Waals surface area contributed by atoms with Gasteiger partial charge in [0.25, 0.3) is 0 Å². The number of halogens is 1. The topological polar surface area (TPSA) is 57.1 Å². The van der Waals surface area contributed by atoms with Crippen LogP contribution in [-0.4, -0.2) is 25.6 Å². The average molecular weight is 368 g/mol. The van der Waals surface area contributed by atoms with E-state index in [9.17, 15) is 4.79 Å². The van der Waals surface area contributed by atoms with Crippen molar-refractivity contribution in [2.45, 2.75) is 0 Å². The fourth-order valence-corrected chi connectivity index (χ4v) is 2.95. The van der Waals surface area contributed by atoms with Gasteiger partial charge in [0.2, 0.25) is 5.90 Å². The first-order valence-electron chi connectivity index (χ1n) is 7.93. The molecular formula is C20H14ClNO4. The van der Waals surface area contributed by atoms with Crippen LogP contribution in [0.2, 0.25) is 5.02 Å². The minimum atomic E-state index is -0.510. The van der Waals surface area contributed by atoms with Gasteiger partial charge in [0.15, 0.2) is 5.70 Å². The van der Waals surface area contributed by atoms with E-state index in [0.29, 0.717) is 22.9 Å². The van der Waals surface area contributed by atoms with E-state index in [-0.39, 0.29) is 11.6 Å². The molecule has 0 spiro atoms. The predicted molar refractivity (Wildman–Crippen MR) is 98.6 cm³/mol. The van der Waals surface area contributed by atoms with Gasteiger partial charge in [0.05, 0.1) is 12.7 Å². The third-order valence-electron chi connectivity index (χ3n) is 3.99. The number of nitrogens with zero attached hydrogens (tertiary/aromatic N) is 1. The molecule has 0 aliphatic carbocycles. The number of hydrogen-bond acceptors (Lipinski definition) is 5. The van der Waals surface area contributed by atoms with Crippen LogP contribution in [0.1, 0.15) is 11.1 Å². The van der Waals surface area contributed by atoms with Gasteiger partial charge in [0, 0.05) is 10.6 Å². The number of fused-ring (bicyclic) bond motifs is 1. The number of rotatable bonds is 3. The van der Waals surface area contributed by atoms with Gasteiger partial charge in [-0.25, -0.2) is 9.79 Å². The highest BCUT2D eigenvalue weighted by Crippen LogP contribution is 2.30. The van der Waals surface area contributed by atoms with E-state index in [0.717, 1.165) is 16.9 Å². The quantitative estimate of drug-likeness (QED) is 0.607. The van der Waals surface area contributed by atoms with E-state index < -0.39 is 5.97 Å². The minimum absolute atomic E-state index is 0.214. The van der Waals surface area contributed by atoms with Crippen LogP contribution in [0.15, 0.2) is 64.8 Å². The first-order chi connectivity index (χ1) is 12.6. The molecule has 0 N–H and O–H groups in total. The van der Waals surface area contributed by atoms with Crippen molar-refractivity contribution < 1.29 is 19.0 Å². The summed E-state index contributed by atoms with van der Waals surface area (Å²) in [6, 6.07) is 12.6. The van der Waals surface area contributed by atoms with Crippen molar-refractivity contribution in [3.05, 3.63) is 76.0 Å². The van der Waals surface area contributed by atoms with Gasteiger partial charge in [-0.05, 0) is 48.1 Å². The Bertz CT molecular complexity index is 991. The molecule has 2 heterocycles. The maximum Gasteiger partial charge on any atom is 0.363 e. The number of para-hydroxylation sites is 1. The van der Waals surface area contributed by atoms with E-state index in [2.05, 4.69) is 4.99 Å². The van der Waals surface area contributed by atoms with E-state index in [1.54, 1.807) is 31.4 Å². The molecule has 0 amide bonds. The van der Waals surface area contributed by atoms with Gasteiger partial charge in [-0.3, -0.25) is 0 Å². The van der Waals surface area contributed by atoms with Crippen molar-refractivity contribution in [2.24, 2.45) is 4.99 Å². The van der Waals surface area contributed by atoms with E-state index in [1.807, 2.05) is 30.3 Å². The van der Waals surface area contributed by atoms with Gasteiger partial charge < -0.3 is 14.2 Å². The van der Waals surface area contributed by atoms with E-state index in [1.165, 1.54) is 0 Å². The van der Waals surface area contributed by atoms with Crippen LogP contribution in [-0.2, 0) is 9.53 Å². The van der Waals surface area contributed by atoms with Crippen molar-refractivity contribution in [2.75, 3.05) is 13.7 Å².